The highest BCUT2D eigenvalue weighted by Crippen LogP contribution is 2.06. The monoisotopic (exact) mass is 178 g/mol. The lowest BCUT2D eigenvalue weighted by molar-refractivity contribution is 0.0815. The van der Waals surface area contributed by atoms with Gasteiger partial charge in [-0.05, 0) is 11.1 Å². The first-order chi connectivity index (χ1) is 6.36. The quantitative estimate of drug-likeness (QED) is 0.697. The third kappa shape index (κ3) is 3.40. The highest BCUT2D eigenvalue weighted by atomic mass is 16.5. The lowest BCUT2D eigenvalue weighted by Gasteiger charge is -2.02. The molecule has 70 valence electrons. The van der Waals surface area contributed by atoms with E-state index >= 15 is 0 Å². The highest BCUT2D eigenvalue weighted by molar-refractivity contribution is 5.47. The number of benzene rings is 1. The average Bonchev–Trinajstić information content (AvgIpc) is 2.19. The molecular formula is C11H14O2. The predicted molar refractivity (Wildman–Crippen MR) is 53.3 cm³/mol. The Kier molecular flexibility index (Phi) is 4.23. The molecule has 0 aromatic heterocycles. The van der Waals surface area contributed by atoms with E-state index in [2.05, 4.69) is 6.58 Å². The third-order valence-electron chi connectivity index (χ3n) is 1.72. The van der Waals surface area contributed by atoms with E-state index in [1.54, 1.807) is 6.08 Å². The molecule has 1 N–H and O–H groups in total. The maximum Gasteiger partial charge on any atom is 0.0718 e. The second-order valence-electron chi connectivity index (χ2n) is 2.72. The molecule has 2 heteroatoms. The van der Waals surface area contributed by atoms with Crippen LogP contribution in [-0.2, 0) is 11.3 Å². The fourth-order valence-corrected chi connectivity index (χ4v) is 1.00. The topological polar surface area (TPSA) is 29.5 Å². The van der Waals surface area contributed by atoms with Crippen LogP contribution in [0.15, 0.2) is 30.8 Å². The van der Waals surface area contributed by atoms with Crippen LogP contribution in [0.25, 0.3) is 6.08 Å². The Morgan fingerprint density at radius 1 is 1.31 bits per heavy atom. The third-order valence-corrected chi connectivity index (χ3v) is 1.72. The van der Waals surface area contributed by atoms with Gasteiger partial charge in [-0.15, -0.1) is 0 Å². The Hall–Kier alpha value is -1.12. The summed E-state index contributed by atoms with van der Waals surface area (Å²) >= 11 is 0. The summed E-state index contributed by atoms with van der Waals surface area (Å²) in [4.78, 5) is 0. The van der Waals surface area contributed by atoms with Gasteiger partial charge in [0.05, 0.1) is 19.8 Å². The summed E-state index contributed by atoms with van der Waals surface area (Å²) < 4.78 is 5.17. The van der Waals surface area contributed by atoms with Crippen molar-refractivity contribution in [3.8, 4) is 0 Å². The maximum atomic E-state index is 8.49. The van der Waals surface area contributed by atoms with E-state index in [-0.39, 0.29) is 6.61 Å². The predicted octanol–water partition coefficient (Wildman–Crippen LogP) is 1.84. The van der Waals surface area contributed by atoms with E-state index in [1.807, 2.05) is 24.3 Å². The van der Waals surface area contributed by atoms with Crippen LogP contribution in [0.1, 0.15) is 11.1 Å². The van der Waals surface area contributed by atoms with Crippen molar-refractivity contribution in [1.29, 1.82) is 0 Å². The number of ether oxygens (including phenoxy) is 1. The van der Waals surface area contributed by atoms with Crippen molar-refractivity contribution in [2.75, 3.05) is 13.2 Å². The molecule has 0 saturated carbocycles. The smallest absolute Gasteiger partial charge is 0.0718 e. The van der Waals surface area contributed by atoms with Gasteiger partial charge in [-0.2, -0.15) is 0 Å². The van der Waals surface area contributed by atoms with Crippen molar-refractivity contribution < 1.29 is 9.84 Å². The molecule has 0 saturated heterocycles. The minimum atomic E-state index is 0.0741. The molecule has 0 fully saturated rings. The zero-order valence-electron chi connectivity index (χ0n) is 7.57. The zero-order valence-corrected chi connectivity index (χ0v) is 7.57. The van der Waals surface area contributed by atoms with Crippen LogP contribution in [-0.4, -0.2) is 18.3 Å². The molecule has 2 nitrogen and oxygen atoms in total. The molecular weight excluding hydrogens is 164 g/mol. The van der Waals surface area contributed by atoms with E-state index < -0.39 is 0 Å². The molecule has 0 bridgehead atoms. The van der Waals surface area contributed by atoms with E-state index in [4.69, 9.17) is 9.84 Å². The van der Waals surface area contributed by atoms with Gasteiger partial charge in [-0.1, -0.05) is 36.9 Å². The number of rotatable bonds is 5. The lowest BCUT2D eigenvalue weighted by Crippen LogP contribution is -1.98. The summed E-state index contributed by atoms with van der Waals surface area (Å²) in [6.07, 6.45) is 1.80. The number of aliphatic hydroxyl groups excluding tert-OH is 1. The Bertz CT molecular complexity index is 251. The summed E-state index contributed by atoms with van der Waals surface area (Å²) in [6, 6.07) is 7.97. The maximum absolute atomic E-state index is 8.49. The summed E-state index contributed by atoms with van der Waals surface area (Å²) in [5, 5.41) is 8.49. The Labute approximate surface area is 78.5 Å². The highest BCUT2D eigenvalue weighted by Gasteiger charge is 1.92. The first-order valence-electron chi connectivity index (χ1n) is 4.27. The Morgan fingerprint density at radius 2 is 2.00 bits per heavy atom. The van der Waals surface area contributed by atoms with Crippen molar-refractivity contribution in [2.45, 2.75) is 6.61 Å². The molecule has 0 atom stereocenters. The van der Waals surface area contributed by atoms with Gasteiger partial charge in [0.1, 0.15) is 0 Å². The molecule has 1 rings (SSSR count). The van der Waals surface area contributed by atoms with E-state index in [9.17, 15) is 0 Å². The van der Waals surface area contributed by atoms with E-state index in [1.165, 1.54) is 0 Å². The minimum absolute atomic E-state index is 0.0741. The molecule has 1 aromatic carbocycles. The van der Waals surface area contributed by atoms with Gasteiger partial charge < -0.3 is 9.84 Å². The van der Waals surface area contributed by atoms with Gasteiger partial charge in [0.15, 0.2) is 0 Å². The molecule has 1 aromatic rings. The van der Waals surface area contributed by atoms with Crippen molar-refractivity contribution in [3.63, 3.8) is 0 Å². The first-order valence-corrected chi connectivity index (χ1v) is 4.27. The zero-order chi connectivity index (χ0) is 9.52. The fourth-order valence-electron chi connectivity index (χ4n) is 1.00. The molecule has 0 unspecified atom stereocenters. The van der Waals surface area contributed by atoms with Crippen LogP contribution in [0.2, 0.25) is 0 Å². The molecule has 0 amide bonds. The SMILES string of the molecule is C=Cc1ccc(COCCO)cc1. The number of hydrogen-bond donors (Lipinski definition) is 1. The van der Waals surface area contributed by atoms with Crippen molar-refractivity contribution in [2.24, 2.45) is 0 Å². The van der Waals surface area contributed by atoms with Crippen molar-refractivity contribution in [3.05, 3.63) is 42.0 Å². The lowest BCUT2D eigenvalue weighted by atomic mass is 10.1. The van der Waals surface area contributed by atoms with Crippen LogP contribution < -0.4 is 0 Å². The normalized spacial score (nSPS) is 9.92. The molecule has 0 heterocycles. The van der Waals surface area contributed by atoms with Gasteiger partial charge in [0.25, 0.3) is 0 Å². The van der Waals surface area contributed by atoms with Gasteiger partial charge in [-0.25, -0.2) is 0 Å². The molecule has 13 heavy (non-hydrogen) atoms. The first kappa shape index (κ1) is 9.96. The summed E-state index contributed by atoms with van der Waals surface area (Å²) in [6.45, 7) is 4.69. The molecule has 0 radical (unpaired) electrons. The van der Waals surface area contributed by atoms with Crippen LogP contribution in [0.3, 0.4) is 0 Å². The number of hydrogen-bond acceptors (Lipinski definition) is 2. The Balaban J connectivity index is 2.44. The fraction of sp³-hybridized carbons (Fsp3) is 0.273. The van der Waals surface area contributed by atoms with Gasteiger partial charge in [-0.3, -0.25) is 0 Å². The van der Waals surface area contributed by atoms with Gasteiger partial charge in [0.2, 0.25) is 0 Å². The van der Waals surface area contributed by atoms with E-state index in [0.29, 0.717) is 13.2 Å². The second-order valence-corrected chi connectivity index (χ2v) is 2.72. The van der Waals surface area contributed by atoms with Crippen LogP contribution in [0, 0.1) is 0 Å². The molecule has 0 aliphatic rings. The van der Waals surface area contributed by atoms with Crippen molar-refractivity contribution in [1.82, 2.24) is 0 Å². The summed E-state index contributed by atoms with van der Waals surface area (Å²) in [5.74, 6) is 0. The van der Waals surface area contributed by atoms with Crippen molar-refractivity contribution >= 4 is 6.08 Å². The average molecular weight is 178 g/mol. The van der Waals surface area contributed by atoms with E-state index in [0.717, 1.165) is 11.1 Å². The Morgan fingerprint density at radius 3 is 2.54 bits per heavy atom. The van der Waals surface area contributed by atoms with Gasteiger partial charge >= 0.3 is 0 Å². The number of aliphatic hydroxyl groups is 1. The molecule has 0 aliphatic carbocycles. The van der Waals surface area contributed by atoms with Gasteiger partial charge in [0, 0.05) is 0 Å². The summed E-state index contributed by atoms with van der Waals surface area (Å²) in [5.41, 5.74) is 2.21. The second kappa shape index (κ2) is 5.51. The summed E-state index contributed by atoms with van der Waals surface area (Å²) in [7, 11) is 0. The largest absolute Gasteiger partial charge is 0.394 e. The van der Waals surface area contributed by atoms with Crippen LogP contribution in [0.4, 0.5) is 0 Å². The van der Waals surface area contributed by atoms with Crippen LogP contribution in [0.5, 0.6) is 0 Å². The molecule has 0 aliphatic heterocycles. The standard InChI is InChI=1S/C11H14O2/c1-2-10-3-5-11(6-4-10)9-13-8-7-12/h2-6,12H,1,7-9H2. The molecule has 0 spiro atoms. The van der Waals surface area contributed by atoms with Crippen LogP contribution >= 0.6 is 0 Å². The minimum Gasteiger partial charge on any atom is -0.394 e.